The van der Waals surface area contributed by atoms with Gasteiger partial charge in [0.2, 0.25) is 5.91 Å². The van der Waals surface area contributed by atoms with E-state index in [1.54, 1.807) is 0 Å². The third-order valence-corrected chi connectivity index (χ3v) is 3.18. The molecule has 4 heteroatoms. The highest BCUT2D eigenvalue weighted by atomic mass is 16.5. The summed E-state index contributed by atoms with van der Waals surface area (Å²) in [6, 6.07) is 8.00. The van der Waals surface area contributed by atoms with E-state index in [0.29, 0.717) is 0 Å². The van der Waals surface area contributed by atoms with Gasteiger partial charge in [-0.15, -0.1) is 0 Å². The topological polar surface area (TPSA) is 41.6 Å². The van der Waals surface area contributed by atoms with Gasteiger partial charge in [-0.1, -0.05) is 20.8 Å². The number of ether oxygens (including phenoxy) is 1. The van der Waals surface area contributed by atoms with Gasteiger partial charge in [-0.25, -0.2) is 0 Å². The van der Waals surface area contributed by atoms with Gasteiger partial charge in [0, 0.05) is 29.9 Å². The van der Waals surface area contributed by atoms with Crippen molar-refractivity contribution in [3.63, 3.8) is 0 Å². The zero-order chi connectivity index (χ0) is 13.9. The van der Waals surface area contributed by atoms with Crippen LogP contribution in [0, 0.1) is 5.41 Å². The van der Waals surface area contributed by atoms with Crippen LogP contribution in [0.5, 0.6) is 0 Å². The number of morpholine rings is 1. The molecular weight excluding hydrogens is 240 g/mol. The molecule has 1 aliphatic rings. The van der Waals surface area contributed by atoms with Crippen molar-refractivity contribution >= 4 is 17.3 Å². The number of nitrogens with one attached hydrogen (secondary N) is 1. The first-order valence-electron chi connectivity index (χ1n) is 6.71. The van der Waals surface area contributed by atoms with Crippen molar-refractivity contribution in [2.45, 2.75) is 20.8 Å². The number of benzene rings is 1. The average Bonchev–Trinajstić information content (AvgIpc) is 2.39. The molecule has 2 rings (SSSR count). The highest BCUT2D eigenvalue weighted by Gasteiger charge is 2.21. The molecule has 1 aliphatic heterocycles. The van der Waals surface area contributed by atoms with Crippen LogP contribution >= 0.6 is 0 Å². The number of rotatable bonds is 2. The number of hydrogen-bond donors (Lipinski definition) is 1. The first kappa shape index (κ1) is 13.9. The van der Waals surface area contributed by atoms with Crippen LogP contribution in [0.15, 0.2) is 24.3 Å². The second kappa shape index (κ2) is 5.61. The molecule has 0 unspecified atom stereocenters. The molecule has 0 aliphatic carbocycles. The normalized spacial score (nSPS) is 16.3. The fourth-order valence-electron chi connectivity index (χ4n) is 1.90. The van der Waals surface area contributed by atoms with E-state index in [9.17, 15) is 4.79 Å². The Kier molecular flexibility index (Phi) is 4.10. The molecule has 1 amide bonds. The van der Waals surface area contributed by atoms with E-state index in [0.717, 1.165) is 32.0 Å². The van der Waals surface area contributed by atoms with E-state index in [1.807, 2.05) is 45.0 Å². The average molecular weight is 262 g/mol. The molecule has 1 aromatic rings. The Morgan fingerprint density at radius 3 is 2.26 bits per heavy atom. The summed E-state index contributed by atoms with van der Waals surface area (Å²) in [6.07, 6.45) is 0. The zero-order valence-electron chi connectivity index (χ0n) is 11.9. The minimum absolute atomic E-state index is 0.0339. The van der Waals surface area contributed by atoms with Crippen LogP contribution in [0.2, 0.25) is 0 Å². The minimum atomic E-state index is -0.372. The lowest BCUT2D eigenvalue weighted by molar-refractivity contribution is -0.123. The van der Waals surface area contributed by atoms with E-state index in [-0.39, 0.29) is 11.3 Å². The molecule has 1 aromatic carbocycles. The van der Waals surface area contributed by atoms with Crippen LogP contribution in [-0.2, 0) is 9.53 Å². The summed E-state index contributed by atoms with van der Waals surface area (Å²) < 4.78 is 5.34. The van der Waals surface area contributed by atoms with E-state index < -0.39 is 0 Å². The van der Waals surface area contributed by atoms with Crippen LogP contribution < -0.4 is 10.2 Å². The van der Waals surface area contributed by atoms with Gasteiger partial charge in [0.1, 0.15) is 0 Å². The highest BCUT2D eigenvalue weighted by molar-refractivity contribution is 5.94. The summed E-state index contributed by atoms with van der Waals surface area (Å²) in [5, 5.41) is 2.93. The maximum absolute atomic E-state index is 11.9. The number of anilines is 2. The lowest BCUT2D eigenvalue weighted by Gasteiger charge is -2.29. The molecule has 1 fully saturated rings. The van der Waals surface area contributed by atoms with E-state index in [2.05, 4.69) is 10.2 Å². The molecule has 0 bridgehead atoms. The van der Waals surface area contributed by atoms with Crippen LogP contribution in [0.3, 0.4) is 0 Å². The molecule has 0 radical (unpaired) electrons. The lowest BCUT2D eigenvalue weighted by Crippen LogP contribution is -2.36. The predicted molar refractivity (Wildman–Crippen MR) is 77.6 cm³/mol. The van der Waals surface area contributed by atoms with Gasteiger partial charge in [-0.2, -0.15) is 0 Å². The molecular formula is C15H22N2O2. The molecule has 0 spiro atoms. The number of carbonyl (C=O) groups is 1. The molecule has 1 saturated heterocycles. The smallest absolute Gasteiger partial charge is 0.229 e. The predicted octanol–water partition coefficient (Wildman–Crippen LogP) is 2.51. The van der Waals surface area contributed by atoms with E-state index in [4.69, 9.17) is 4.74 Å². The second-order valence-corrected chi connectivity index (χ2v) is 5.85. The number of amides is 1. The van der Waals surface area contributed by atoms with Crippen molar-refractivity contribution in [1.82, 2.24) is 0 Å². The summed E-state index contributed by atoms with van der Waals surface area (Å²) in [5.74, 6) is 0.0339. The SMILES string of the molecule is CC(C)(C)C(=O)Nc1ccc(N2CCOCC2)cc1. The Morgan fingerprint density at radius 2 is 1.74 bits per heavy atom. The van der Waals surface area contributed by atoms with Gasteiger partial charge in [-0.3, -0.25) is 4.79 Å². The van der Waals surface area contributed by atoms with Gasteiger partial charge in [-0.05, 0) is 24.3 Å². The molecule has 104 valence electrons. The van der Waals surface area contributed by atoms with Gasteiger partial charge in [0.05, 0.1) is 13.2 Å². The molecule has 4 nitrogen and oxygen atoms in total. The van der Waals surface area contributed by atoms with Crippen molar-refractivity contribution in [3.8, 4) is 0 Å². The lowest BCUT2D eigenvalue weighted by atomic mass is 9.95. The number of carbonyl (C=O) groups excluding carboxylic acids is 1. The maximum Gasteiger partial charge on any atom is 0.229 e. The van der Waals surface area contributed by atoms with Crippen molar-refractivity contribution in [1.29, 1.82) is 0 Å². The third-order valence-electron chi connectivity index (χ3n) is 3.18. The van der Waals surface area contributed by atoms with Gasteiger partial charge < -0.3 is 15.0 Å². The first-order chi connectivity index (χ1) is 8.97. The van der Waals surface area contributed by atoms with Gasteiger partial charge >= 0.3 is 0 Å². The highest BCUT2D eigenvalue weighted by Crippen LogP contribution is 2.21. The summed E-state index contributed by atoms with van der Waals surface area (Å²) in [5.41, 5.74) is 1.65. The first-order valence-corrected chi connectivity index (χ1v) is 6.71. The maximum atomic E-state index is 11.9. The Balaban J connectivity index is 2.00. The molecule has 0 atom stereocenters. The number of nitrogens with zero attached hydrogens (tertiary/aromatic N) is 1. The molecule has 0 aromatic heterocycles. The van der Waals surface area contributed by atoms with Crippen LogP contribution in [0.25, 0.3) is 0 Å². The largest absolute Gasteiger partial charge is 0.378 e. The number of hydrogen-bond acceptors (Lipinski definition) is 3. The fraction of sp³-hybridized carbons (Fsp3) is 0.533. The summed E-state index contributed by atoms with van der Waals surface area (Å²) >= 11 is 0. The summed E-state index contributed by atoms with van der Waals surface area (Å²) in [6.45, 7) is 9.13. The van der Waals surface area contributed by atoms with Crippen molar-refractivity contribution in [2.24, 2.45) is 5.41 Å². The standard InChI is InChI=1S/C15H22N2O2/c1-15(2,3)14(18)16-12-4-6-13(7-5-12)17-8-10-19-11-9-17/h4-7H,8-11H2,1-3H3,(H,16,18). The quantitative estimate of drug-likeness (QED) is 0.890. The monoisotopic (exact) mass is 262 g/mol. The molecule has 19 heavy (non-hydrogen) atoms. The van der Waals surface area contributed by atoms with Crippen molar-refractivity contribution < 1.29 is 9.53 Å². The van der Waals surface area contributed by atoms with Crippen LogP contribution in [-0.4, -0.2) is 32.2 Å². The van der Waals surface area contributed by atoms with Gasteiger partial charge in [0.25, 0.3) is 0 Å². The Hall–Kier alpha value is -1.55. The second-order valence-electron chi connectivity index (χ2n) is 5.85. The van der Waals surface area contributed by atoms with E-state index in [1.165, 1.54) is 5.69 Å². The summed E-state index contributed by atoms with van der Waals surface area (Å²) in [7, 11) is 0. The minimum Gasteiger partial charge on any atom is -0.378 e. The fourth-order valence-corrected chi connectivity index (χ4v) is 1.90. The zero-order valence-corrected chi connectivity index (χ0v) is 11.9. The van der Waals surface area contributed by atoms with Crippen molar-refractivity contribution in [2.75, 3.05) is 36.5 Å². The Labute approximate surface area is 114 Å². The summed E-state index contributed by atoms with van der Waals surface area (Å²) in [4.78, 5) is 14.2. The van der Waals surface area contributed by atoms with Crippen LogP contribution in [0.1, 0.15) is 20.8 Å². The Morgan fingerprint density at radius 1 is 1.16 bits per heavy atom. The molecule has 1 heterocycles. The molecule has 1 N–H and O–H groups in total. The third kappa shape index (κ3) is 3.70. The molecule has 0 saturated carbocycles. The van der Waals surface area contributed by atoms with E-state index >= 15 is 0 Å². The van der Waals surface area contributed by atoms with Crippen LogP contribution in [0.4, 0.5) is 11.4 Å². The van der Waals surface area contributed by atoms with Gasteiger partial charge in [0.15, 0.2) is 0 Å². The van der Waals surface area contributed by atoms with Crippen molar-refractivity contribution in [3.05, 3.63) is 24.3 Å². The Bertz CT molecular complexity index is 428.